The highest BCUT2D eigenvalue weighted by Crippen LogP contribution is 2.27. The monoisotopic (exact) mass is 390 g/mol. The minimum absolute atomic E-state index is 0.0678. The molecule has 0 radical (unpaired) electrons. The summed E-state index contributed by atoms with van der Waals surface area (Å²) in [5, 5.41) is 3.31. The second-order valence-electron chi connectivity index (χ2n) is 7.14. The van der Waals surface area contributed by atoms with Crippen molar-refractivity contribution in [1.82, 2.24) is 10.3 Å². The number of anilines is 2. The summed E-state index contributed by atoms with van der Waals surface area (Å²) in [4.78, 5) is 19.4. The van der Waals surface area contributed by atoms with Gasteiger partial charge in [0, 0.05) is 55.6 Å². The van der Waals surface area contributed by atoms with Crippen molar-refractivity contribution in [3.8, 4) is 11.1 Å². The van der Waals surface area contributed by atoms with E-state index in [0.717, 1.165) is 32.0 Å². The van der Waals surface area contributed by atoms with Gasteiger partial charge in [-0.05, 0) is 41.5 Å². The van der Waals surface area contributed by atoms with E-state index in [1.807, 2.05) is 12.1 Å². The number of ketones is 1. The highest BCUT2D eigenvalue weighted by molar-refractivity contribution is 5.98. The number of pyridine rings is 1. The first kappa shape index (κ1) is 19.1. The molecule has 0 bridgehead atoms. The number of hydrogen-bond donors (Lipinski definition) is 2. The lowest BCUT2D eigenvalue weighted by molar-refractivity contribution is 0.0993. The number of benzene rings is 2. The Morgan fingerprint density at radius 2 is 1.90 bits per heavy atom. The molecule has 0 amide bonds. The molecule has 1 fully saturated rings. The molecular formula is C23H23FN4O. The van der Waals surface area contributed by atoms with Crippen LogP contribution < -0.4 is 16.0 Å². The second kappa shape index (κ2) is 8.41. The molecule has 29 heavy (non-hydrogen) atoms. The number of carbonyl (C=O) groups excluding carboxylic acids is 1. The number of nitrogen functional groups attached to an aromatic ring is 1. The highest BCUT2D eigenvalue weighted by atomic mass is 19.1. The van der Waals surface area contributed by atoms with Crippen LogP contribution in [0.1, 0.15) is 15.9 Å². The number of aromatic nitrogens is 1. The quantitative estimate of drug-likeness (QED) is 0.517. The lowest BCUT2D eigenvalue weighted by atomic mass is 9.97. The van der Waals surface area contributed by atoms with Crippen LogP contribution in [0.25, 0.3) is 11.1 Å². The van der Waals surface area contributed by atoms with Gasteiger partial charge in [0.05, 0.1) is 0 Å². The summed E-state index contributed by atoms with van der Waals surface area (Å²) in [6.07, 6.45) is 1.76. The molecule has 1 aliphatic rings. The number of nitrogens with one attached hydrogen (secondary N) is 1. The van der Waals surface area contributed by atoms with E-state index >= 15 is 0 Å². The Bertz CT molecular complexity index is 1010. The van der Waals surface area contributed by atoms with Crippen molar-refractivity contribution in [2.45, 2.75) is 6.42 Å². The second-order valence-corrected chi connectivity index (χ2v) is 7.14. The number of Topliss-reactive ketones (excluding diaryl/α,β-unsaturated/α-hetero) is 1. The zero-order valence-electron chi connectivity index (χ0n) is 16.1. The first-order valence-corrected chi connectivity index (χ1v) is 9.70. The maximum atomic E-state index is 14.1. The van der Waals surface area contributed by atoms with E-state index in [1.54, 1.807) is 42.6 Å². The Hall–Kier alpha value is -3.25. The molecular weight excluding hydrogens is 367 g/mol. The van der Waals surface area contributed by atoms with E-state index < -0.39 is 0 Å². The molecule has 6 heteroatoms. The van der Waals surface area contributed by atoms with Gasteiger partial charge in [-0.25, -0.2) is 9.37 Å². The first-order valence-electron chi connectivity index (χ1n) is 9.70. The number of nitrogens with two attached hydrogens (primary N) is 1. The van der Waals surface area contributed by atoms with Crippen molar-refractivity contribution in [3.63, 3.8) is 0 Å². The summed E-state index contributed by atoms with van der Waals surface area (Å²) in [7, 11) is 0. The lowest BCUT2D eigenvalue weighted by Crippen LogP contribution is -2.43. The summed E-state index contributed by atoms with van der Waals surface area (Å²) in [6, 6.07) is 15.5. The minimum atomic E-state index is -0.303. The molecule has 2 heterocycles. The number of halogens is 1. The smallest absolute Gasteiger partial charge is 0.168 e. The Labute approximate surface area is 169 Å². The Kier molecular flexibility index (Phi) is 5.53. The first-order chi connectivity index (χ1) is 14.1. The molecule has 1 aliphatic heterocycles. The van der Waals surface area contributed by atoms with Gasteiger partial charge in [0.25, 0.3) is 0 Å². The van der Waals surface area contributed by atoms with E-state index in [-0.39, 0.29) is 18.0 Å². The fourth-order valence-electron chi connectivity index (χ4n) is 3.53. The van der Waals surface area contributed by atoms with Gasteiger partial charge in [-0.1, -0.05) is 24.3 Å². The van der Waals surface area contributed by atoms with Crippen LogP contribution in [0.2, 0.25) is 0 Å². The van der Waals surface area contributed by atoms with Gasteiger partial charge < -0.3 is 16.0 Å². The average Bonchev–Trinajstić information content (AvgIpc) is 2.76. The summed E-state index contributed by atoms with van der Waals surface area (Å²) >= 11 is 0. The minimum Gasteiger partial charge on any atom is -0.398 e. The summed E-state index contributed by atoms with van der Waals surface area (Å²) in [5.41, 5.74) is 9.01. The van der Waals surface area contributed by atoms with Crippen LogP contribution in [-0.2, 0) is 6.42 Å². The van der Waals surface area contributed by atoms with Crippen LogP contribution in [0.3, 0.4) is 0 Å². The molecule has 0 spiro atoms. The summed E-state index contributed by atoms with van der Waals surface area (Å²) in [6.45, 7) is 3.67. The molecule has 0 unspecified atom stereocenters. The van der Waals surface area contributed by atoms with Gasteiger partial charge in [0.1, 0.15) is 11.6 Å². The Balaban J connectivity index is 1.52. The van der Waals surface area contributed by atoms with Gasteiger partial charge in [0.15, 0.2) is 5.78 Å². The highest BCUT2D eigenvalue weighted by Gasteiger charge is 2.15. The van der Waals surface area contributed by atoms with E-state index in [9.17, 15) is 9.18 Å². The van der Waals surface area contributed by atoms with Crippen molar-refractivity contribution in [2.24, 2.45) is 0 Å². The molecule has 148 valence electrons. The van der Waals surface area contributed by atoms with E-state index in [1.165, 1.54) is 6.07 Å². The predicted octanol–water partition coefficient (Wildman–Crippen LogP) is 3.30. The van der Waals surface area contributed by atoms with E-state index in [2.05, 4.69) is 15.2 Å². The number of nitrogens with zero attached hydrogens (tertiary/aromatic N) is 2. The molecule has 0 saturated carbocycles. The van der Waals surface area contributed by atoms with Crippen molar-refractivity contribution in [2.75, 3.05) is 36.8 Å². The van der Waals surface area contributed by atoms with Gasteiger partial charge >= 0.3 is 0 Å². The maximum Gasteiger partial charge on any atom is 0.168 e. The van der Waals surface area contributed by atoms with Crippen molar-refractivity contribution >= 4 is 17.3 Å². The number of rotatable bonds is 5. The standard InChI is InChI=1S/C23H23FN4O/c24-20-4-2-1-3-19(20)16-5-7-21(25)18(13-16)14-22(29)17-6-8-23(27-15-17)28-11-9-26-10-12-28/h1-8,13,15,26H,9-12,14,25H2. The molecule has 5 nitrogen and oxygen atoms in total. The molecule has 0 aliphatic carbocycles. The molecule has 0 atom stereocenters. The molecule has 3 N–H and O–H groups in total. The third kappa shape index (κ3) is 4.27. The van der Waals surface area contributed by atoms with Crippen LogP contribution in [-0.4, -0.2) is 36.9 Å². The zero-order chi connectivity index (χ0) is 20.2. The molecule has 3 aromatic rings. The third-order valence-electron chi connectivity index (χ3n) is 5.19. The summed E-state index contributed by atoms with van der Waals surface area (Å²) < 4.78 is 14.1. The van der Waals surface area contributed by atoms with Gasteiger partial charge in [-0.15, -0.1) is 0 Å². The molecule has 1 aromatic heterocycles. The van der Waals surface area contributed by atoms with Crippen LogP contribution in [0, 0.1) is 5.82 Å². The molecule has 4 rings (SSSR count). The van der Waals surface area contributed by atoms with E-state index in [0.29, 0.717) is 27.9 Å². The van der Waals surface area contributed by atoms with Crippen LogP contribution >= 0.6 is 0 Å². The fourth-order valence-corrected chi connectivity index (χ4v) is 3.53. The largest absolute Gasteiger partial charge is 0.398 e. The zero-order valence-corrected chi connectivity index (χ0v) is 16.1. The lowest BCUT2D eigenvalue weighted by Gasteiger charge is -2.28. The fraction of sp³-hybridized carbons (Fsp3) is 0.217. The molecule has 1 saturated heterocycles. The normalized spacial score (nSPS) is 14.0. The van der Waals surface area contributed by atoms with Crippen LogP contribution in [0.15, 0.2) is 60.8 Å². The van der Waals surface area contributed by atoms with E-state index in [4.69, 9.17) is 5.73 Å². The van der Waals surface area contributed by atoms with Crippen LogP contribution in [0.4, 0.5) is 15.9 Å². The SMILES string of the molecule is Nc1ccc(-c2ccccc2F)cc1CC(=O)c1ccc(N2CCNCC2)nc1. The van der Waals surface area contributed by atoms with Crippen molar-refractivity contribution < 1.29 is 9.18 Å². The molecule has 2 aromatic carbocycles. The Morgan fingerprint density at radius 1 is 1.10 bits per heavy atom. The van der Waals surface area contributed by atoms with Crippen molar-refractivity contribution in [1.29, 1.82) is 0 Å². The third-order valence-corrected chi connectivity index (χ3v) is 5.19. The number of carbonyl (C=O) groups is 1. The predicted molar refractivity (Wildman–Crippen MR) is 114 cm³/mol. The number of hydrogen-bond acceptors (Lipinski definition) is 5. The summed E-state index contributed by atoms with van der Waals surface area (Å²) in [5.74, 6) is 0.508. The Morgan fingerprint density at radius 3 is 2.62 bits per heavy atom. The van der Waals surface area contributed by atoms with Crippen molar-refractivity contribution in [3.05, 3.63) is 77.7 Å². The average molecular weight is 390 g/mol. The number of piperazine rings is 1. The van der Waals surface area contributed by atoms with Gasteiger partial charge in [0.2, 0.25) is 0 Å². The van der Waals surface area contributed by atoms with Crippen LogP contribution in [0.5, 0.6) is 0 Å². The van der Waals surface area contributed by atoms with Gasteiger partial charge in [-0.3, -0.25) is 4.79 Å². The van der Waals surface area contributed by atoms with Gasteiger partial charge in [-0.2, -0.15) is 0 Å². The topological polar surface area (TPSA) is 71.2 Å². The maximum absolute atomic E-state index is 14.1.